The van der Waals surface area contributed by atoms with Crippen LogP contribution in [0.4, 0.5) is 0 Å². The maximum absolute atomic E-state index is 12.6. The van der Waals surface area contributed by atoms with E-state index in [-0.39, 0.29) is 16.9 Å². The van der Waals surface area contributed by atoms with Crippen molar-refractivity contribution >= 4 is 10.0 Å². The van der Waals surface area contributed by atoms with Gasteiger partial charge in [-0.3, -0.25) is 0 Å². The third-order valence-corrected chi connectivity index (χ3v) is 5.21. The van der Waals surface area contributed by atoms with Crippen molar-refractivity contribution in [1.82, 2.24) is 19.7 Å². The SMILES string of the molecule is Cc1ccc(S(=O)(=O)NC(Cn2nccn2)C(C)C)cc1C. The fourth-order valence-electron chi connectivity index (χ4n) is 2.05. The van der Waals surface area contributed by atoms with Crippen LogP contribution in [0.3, 0.4) is 0 Å². The van der Waals surface area contributed by atoms with E-state index < -0.39 is 10.0 Å². The number of rotatable bonds is 6. The molecule has 7 heteroatoms. The number of sulfonamides is 1. The van der Waals surface area contributed by atoms with Gasteiger partial charge in [0.05, 0.1) is 23.8 Å². The average molecular weight is 322 g/mol. The number of aryl methyl sites for hydroxylation is 2. The van der Waals surface area contributed by atoms with Crippen molar-refractivity contribution in [2.45, 2.75) is 45.2 Å². The van der Waals surface area contributed by atoms with Crippen LogP contribution in [0.2, 0.25) is 0 Å². The second-order valence-electron chi connectivity index (χ2n) is 5.80. The normalized spacial score (nSPS) is 13.5. The van der Waals surface area contributed by atoms with Crippen LogP contribution < -0.4 is 4.72 Å². The molecule has 1 heterocycles. The summed E-state index contributed by atoms with van der Waals surface area (Å²) in [4.78, 5) is 1.78. The van der Waals surface area contributed by atoms with Crippen LogP contribution in [0.5, 0.6) is 0 Å². The van der Waals surface area contributed by atoms with Gasteiger partial charge >= 0.3 is 0 Å². The van der Waals surface area contributed by atoms with Gasteiger partial charge in [0.1, 0.15) is 0 Å². The first-order valence-corrected chi connectivity index (χ1v) is 8.71. The van der Waals surface area contributed by atoms with Crippen LogP contribution >= 0.6 is 0 Å². The van der Waals surface area contributed by atoms with Crippen LogP contribution in [0, 0.1) is 19.8 Å². The lowest BCUT2D eigenvalue weighted by atomic mass is 10.1. The van der Waals surface area contributed by atoms with E-state index in [4.69, 9.17) is 0 Å². The monoisotopic (exact) mass is 322 g/mol. The van der Waals surface area contributed by atoms with Gasteiger partial charge in [-0.2, -0.15) is 15.0 Å². The summed E-state index contributed by atoms with van der Waals surface area (Å²) in [6.07, 6.45) is 3.16. The summed E-state index contributed by atoms with van der Waals surface area (Å²) < 4.78 is 27.9. The van der Waals surface area contributed by atoms with Crippen molar-refractivity contribution in [2.24, 2.45) is 5.92 Å². The molecule has 1 atom stereocenters. The lowest BCUT2D eigenvalue weighted by Crippen LogP contribution is -2.41. The van der Waals surface area contributed by atoms with Crippen LogP contribution in [0.1, 0.15) is 25.0 Å². The molecular weight excluding hydrogens is 300 g/mol. The number of nitrogens with zero attached hydrogens (tertiary/aromatic N) is 3. The molecule has 0 aliphatic heterocycles. The molecule has 120 valence electrons. The van der Waals surface area contributed by atoms with E-state index in [0.29, 0.717) is 6.54 Å². The Hall–Kier alpha value is -1.73. The summed E-state index contributed by atoms with van der Waals surface area (Å²) in [5.41, 5.74) is 2.03. The molecule has 0 saturated carbocycles. The molecule has 0 bridgehead atoms. The number of aromatic nitrogens is 3. The number of hydrogen-bond donors (Lipinski definition) is 1. The van der Waals surface area contributed by atoms with Crippen molar-refractivity contribution < 1.29 is 8.42 Å². The molecule has 0 amide bonds. The highest BCUT2D eigenvalue weighted by atomic mass is 32.2. The van der Waals surface area contributed by atoms with E-state index in [1.54, 1.807) is 24.5 Å². The number of benzene rings is 1. The predicted octanol–water partition coefficient (Wildman–Crippen LogP) is 1.90. The quantitative estimate of drug-likeness (QED) is 0.881. The Bertz CT molecular complexity index is 724. The minimum atomic E-state index is -3.57. The Labute approximate surface area is 131 Å². The third kappa shape index (κ3) is 3.92. The molecule has 22 heavy (non-hydrogen) atoms. The maximum Gasteiger partial charge on any atom is 0.240 e. The molecule has 1 unspecified atom stereocenters. The van der Waals surface area contributed by atoms with Gasteiger partial charge in [-0.15, -0.1) is 0 Å². The van der Waals surface area contributed by atoms with Gasteiger partial charge in [0.2, 0.25) is 10.0 Å². The van der Waals surface area contributed by atoms with E-state index in [9.17, 15) is 8.42 Å². The lowest BCUT2D eigenvalue weighted by Gasteiger charge is -2.22. The van der Waals surface area contributed by atoms with Gasteiger partial charge in [0.25, 0.3) is 0 Å². The predicted molar refractivity (Wildman–Crippen MR) is 84.9 cm³/mol. The van der Waals surface area contributed by atoms with Gasteiger partial charge in [-0.25, -0.2) is 13.1 Å². The first-order valence-electron chi connectivity index (χ1n) is 7.23. The smallest absolute Gasteiger partial charge is 0.207 e. The Morgan fingerprint density at radius 2 is 1.77 bits per heavy atom. The van der Waals surface area contributed by atoms with Gasteiger partial charge in [-0.05, 0) is 43.0 Å². The van der Waals surface area contributed by atoms with Crippen molar-refractivity contribution in [1.29, 1.82) is 0 Å². The first kappa shape index (κ1) is 16.6. The van der Waals surface area contributed by atoms with Crippen molar-refractivity contribution in [2.75, 3.05) is 0 Å². The fraction of sp³-hybridized carbons (Fsp3) is 0.467. The summed E-state index contributed by atoms with van der Waals surface area (Å²) in [6.45, 7) is 8.20. The lowest BCUT2D eigenvalue weighted by molar-refractivity contribution is 0.361. The second kappa shape index (κ2) is 6.58. The zero-order valence-corrected chi connectivity index (χ0v) is 14.1. The number of hydrogen-bond acceptors (Lipinski definition) is 4. The van der Waals surface area contributed by atoms with Crippen molar-refractivity contribution in [3.05, 3.63) is 41.7 Å². The molecule has 0 saturated heterocycles. The largest absolute Gasteiger partial charge is 0.240 e. The summed E-state index contributed by atoms with van der Waals surface area (Å²) in [6, 6.07) is 4.87. The highest BCUT2D eigenvalue weighted by Gasteiger charge is 2.23. The van der Waals surface area contributed by atoms with Crippen LogP contribution in [-0.2, 0) is 16.6 Å². The molecule has 6 nitrogen and oxygen atoms in total. The standard InChI is InChI=1S/C15H22N4O2S/c1-11(2)15(10-19-16-7-8-17-19)18-22(20,21)14-6-5-12(3)13(4)9-14/h5-9,11,15,18H,10H2,1-4H3. The second-order valence-corrected chi connectivity index (χ2v) is 7.52. The zero-order chi connectivity index (χ0) is 16.3. The van der Waals surface area contributed by atoms with Gasteiger partial charge in [0.15, 0.2) is 0 Å². The van der Waals surface area contributed by atoms with Crippen LogP contribution in [0.15, 0.2) is 35.5 Å². The zero-order valence-electron chi connectivity index (χ0n) is 13.3. The Balaban J connectivity index is 2.22. The minimum absolute atomic E-state index is 0.118. The van der Waals surface area contributed by atoms with E-state index in [2.05, 4.69) is 14.9 Å². The van der Waals surface area contributed by atoms with Crippen molar-refractivity contribution in [3.8, 4) is 0 Å². The fourth-order valence-corrected chi connectivity index (χ4v) is 3.51. The molecule has 2 rings (SSSR count). The minimum Gasteiger partial charge on any atom is -0.207 e. The van der Waals surface area contributed by atoms with E-state index in [1.165, 1.54) is 4.80 Å². The Morgan fingerprint density at radius 1 is 1.14 bits per heavy atom. The van der Waals surface area contributed by atoms with Crippen molar-refractivity contribution in [3.63, 3.8) is 0 Å². The topological polar surface area (TPSA) is 76.9 Å². The highest BCUT2D eigenvalue weighted by Crippen LogP contribution is 2.16. The van der Waals surface area contributed by atoms with Crippen LogP contribution in [-0.4, -0.2) is 29.5 Å². The Kier molecular flexibility index (Phi) is 4.97. The molecule has 0 radical (unpaired) electrons. The highest BCUT2D eigenvalue weighted by molar-refractivity contribution is 7.89. The molecule has 2 aromatic rings. The third-order valence-electron chi connectivity index (χ3n) is 3.73. The average Bonchev–Trinajstić information content (AvgIpc) is 2.93. The molecule has 0 spiro atoms. The molecule has 0 aliphatic rings. The molecule has 0 fully saturated rings. The molecule has 0 aliphatic carbocycles. The van der Waals surface area contributed by atoms with Gasteiger partial charge in [0, 0.05) is 6.04 Å². The molecule has 1 N–H and O–H groups in total. The summed E-state index contributed by atoms with van der Waals surface area (Å²) >= 11 is 0. The summed E-state index contributed by atoms with van der Waals surface area (Å²) in [7, 11) is -3.57. The first-order chi connectivity index (χ1) is 10.3. The molecular formula is C15H22N4O2S. The molecule has 1 aromatic carbocycles. The number of nitrogens with one attached hydrogen (secondary N) is 1. The van der Waals surface area contributed by atoms with Crippen LogP contribution in [0.25, 0.3) is 0 Å². The Morgan fingerprint density at radius 3 is 2.32 bits per heavy atom. The van der Waals surface area contributed by atoms with E-state index >= 15 is 0 Å². The van der Waals surface area contributed by atoms with E-state index in [1.807, 2.05) is 33.8 Å². The summed E-state index contributed by atoms with van der Waals surface area (Å²) in [5, 5.41) is 8.08. The van der Waals surface area contributed by atoms with E-state index in [0.717, 1.165) is 11.1 Å². The van der Waals surface area contributed by atoms with Gasteiger partial charge in [-0.1, -0.05) is 19.9 Å². The maximum atomic E-state index is 12.6. The van der Waals surface area contributed by atoms with Gasteiger partial charge < -0.3 is 0 Å². The molecule has 1 aromatic heterocycles. The summed E-state index contributed by atoms with van der Waals surface area (Å²) in [5.74, 6) is 0.118.